The van der Waals surface area contributed by atoms with E-state index in [0.717, 1.165) is 5.56 Å². The quantitative estimate of drug-likeness (QED) is 0.403. The molecule has 2 aromatic heterocycles. The highest BCUT2D eigenvalue weighted by molar-refractivity contribution is 6.30. The molecule has 0 saturated carbocycles. The number of hydrogen-bond acceptors (Lipinski definition) is 5. The molecule has 0 radical (unpaired) electrons. The number of anilines is 1. The minimum absolute atomic E-state index is 0.0734. The van der Waals surface area contributed by atoms with Gasteiger partial charge in [-0.25, -0.2) is 14.4 Å². The highest BCUT2D eigenvalue weighted by Crippen LogP contribution is 2.25. The molecule has 4 rings (SSSR count). The van der Waals surface area contributed by atoms with Gasteiger partial charge >= 0.3 is 0 Å². The van der Waals surface area contributed by atoms with Crippen molar-refractivity contribution in [3.05, 3.63) is 83.0 Å². The van der Waals surface area contributed by atoms with Crippen LogP contribution in [0.1, 0.15) is 35.9 Å². The third-order valence-corrected chi connectivity index (χ3v) is 5.47. The van der Waals surface area contributed by atoms with E-state index in [1.807, 2.05) is 0 Å². The summed E-state index contributed by atoms with van der Waals surface area (Å²) in [4.78, 5) is 33.4. The Balaban J connectivity index is 1.64. The van der Waals surface area contributed by atoms with Gasteiger partial charge in [0.2, 0.25) is 5.91 Å². The molecule has 0 aliphatic heterocycles. The average molecular weight is 493 g/mol. The number of nitrogens with zero attached hydrogens (tertiary/aromatic N) is 4. The molecule has 10 heteroatoms. The minimum atomic E-state index is -0.593. The van der Waals surface area contributed by atoms with E-state index in [2.05, 4.69) is 25.7 Å². The fourth-order valence-corrected chi connectivity index (χ4v) is 3.57. The van der Waals surface area contributed by atoms with E-state index >= 15 is 0 Å². The molecule has 0 fully saturated rings. The van der Waals surface area contributed by atoms with Crippen molar-refractivity contribution in [1.29, 1.82) is 0 Å². The number of aromatic nitrogens is 4. The maximum absolute atomic E-state index is 14.4. The van der Waals surface area contributed by atoms with Crippen molar-refractivity contribution < 1.29 is 14.0 Å². The lowest BCUT2D eigenvalue weighted by Gasteiger charge is -2.16. The molecule has 178 valence electrons. The van der Waals surface area contributed by atoms with E-state index < -0.39 is 17.8 Å². The molecule has 0 aliphatic carbocycles. The lowest BCUT2D eigenvalue weighted by molar-refractivity contribution is -0.114. The van der Waals surface area contributed by atoms with Gasteiger partial charge in [-0.3, -0.25) is 14.3 Å². The van der Waals surface area contributed by atoms with E-state index in [4.69, 9.17) is 11.6 Å². The summed E-state index contributed by atoms with van der Waals surface area (Å²) in [6.07, 6.45) is 3.37. The Hall–Kier alpha value is -4.11. The first-order valence-corrected chi connectivity index (χ1v) is 11.1. The summed E-state index contributed by atoms with van der Waals surface area (Å²) in [5.74, 6) is -1.08. The zero-order valence-corrected chi connectivity index (χ0v) is 20.0. The van der Waals surface area contributed by atoms with Gasteiger partial charge in [-0.05, 0) is 42.8 Å². The molecule has 1 atom stereocenters. The molecule has 0 bridgehead atoms. The molecule has 4 aromatic rings. The average Bonchev–Trinajstić information content (AvgIpc) is 3.26. The van der Waals surface area contributed by atoms with Crippen LogP contribution in [0.3, 0.4) is 0 Å². The maximum atomic E-state index is 14.4. The second-order valence-corrected chi connectivity index (χ2v) is 8.42. The molecule has 2 aromatic carbocycles. The molecule has 0 aliphatic rings. The Bertz CT molecular complexity index is 1400. The van der Waals surface area contributed by atoms with Gasteiger partial charge in [-0.1, -0.05) is 29.8 Å². The lowest BCUT2D eigenvalue weighted by Crippen LogP contribution is -2.28. The summed E-state index contributed by atoms with van der Waals surface area (Å²) >= 11 is 6.02. The Morgan fingerprint density at radius 1 is 1.06 bits per heavy atom. The van der Waals surface area contributed by atoms with Crippen molar-refractivity contribution in [2.75, 3.05) is 5.32 Å². The van der Waals surface area contributed by atoms with Crippen LogP contribution in [-0.2, 0) is 11.8 Å². The molecule has 2 heterocycles. The van der Waals surface area contributed by atoms with Crippen LogP contribution in [-0.4, -0.2) is 31.6 Å². The van der Waals surface area contributed by atoms with Gasteiger partial charge in [0.25, 0.3) is 5.91 Å². The highest BCUT2D eigenvalue weighted by Gasteiger charge is 2.18. The van der Waals surface area contributed by atoms with Crippen molar-refractivity contribution >= 4 is 29.1 Å². The first kappa shape index (κ1) is 24.0. The van der Waals surface area contributed by atoms with Gasteiger partial charge in [0, 0.05) is 30.8 Å². The Kier molecular flexibility index (Phi) is 6.88. The van der Waals surface area contributed by atoms with Crippen LogP contribution in [0.4, 0.5) is 10.1 Å². The predicted molar refractivity (Wildman–Crippen MR) is 131 cm³/mol. The summed E-state index contributed by atoms with van der Waals surface area (Å²) in [5.41, 5.74) is 2.71. The van der Waals surface area contributed by atoms with Gasteiger partial charge in [0.05, 0.1) is 29.2 Å². The minimum Gasteiger partial charge on any atom is -0.344 e. The molecule has 0 saturated heterocycles. The second kappa shape index (κ2) is 10.0. The zero-order valence-electron chi connectivity index (χ0n) is 19.2. The number of aryl methyl sites for hydroxylation is 1. The van der Waals surface area contributed by atoms with Crippen LogP contribution in [0.25, 0.3) is 22.6 Å². The smallest absolute Gasteiger partial charge is 0.270 e. The fraction of sp³-hybridized carbons (Fsp3) is 0.160. The molecule has 0 spiro atoms. The van der Waals surface area contributed by atoms with Crippen molar-refractivity contribution in [3.63, 3.8) is 0 Å². The molecule has 2 amide bonds. The second-order valence-electron chi connectivity index (χ2n) is 7.99. The topological polar surface area (TPSA) is 102 Å². The van der Waals surface area contributed by atoms with Crippen LogP contribution >= 0.6 is 11.6 Å². The number of hydrogen-bond donors (Lipinski definition) is 2. The van der Waals surface area contributed by atoms with Crippen LogP contribution in [0, 0.1) is 5.82 Å². The largest absolute Gasteiger partial charge is 0.344 e. The Labute approximate surface area is 206 Å². The third kappa shape index (κ3) is 5.70. The van der Waals surface area contributed by atoms with Gasteiger partial charge in [-0.15, -0.1) is 0 Å². The Morgan fingerprint density at radius 3 is 2.43 bits per heavy atom. The first-order chi connectivity index (χ1) is 16.7. The zero-order chi connectivity index (χ0) is 25.1. The lowest BCUT2D eigenvalue weighted by atomic mass is 10.1. The highest BCUT2D eigenvalue weighted by atomic mass is 35.5. The number of amides is 2. The van der Waals surface area contributed by atoms with Crippen molar-refractivity contribution in [2.24, 2.45) is 7.05 Å². The summed E-state index contributed by atoms with van der Waals surface area (Å²) in [6, 6.07) is 12.5. The normalized spacial score (nSPS) is 11.7. The van der Waals surface area contributed by atoms with E-state index in [1.165, 1.54) is 19.1 Å². The molecule has 8 nitrogen and oxygen atoms in total. The molecule has 35 heavy (non-hydrogen) atoms. The first-order valence-electron chi connectivity index (χ1n) is 10.7. The number of benzene rings is 2. The number of halogens is 2. The standard InChI is InChI=1S/C25H22ClFN6O2/c1-14(17-6-9-21(20(27)10-17)30-15(2)34)29-25(35)23-11-22(16-4-7-19(26)8-5-16)31-24(32-23)18-12-28-33(3)13-18/h4-14H,1-3H3,(H,29,35)(H,30,34)/t14-/m0/s1. The predicted octanol–water partition coefficient (Wildman–Crippen LogP) is 4.79. The van der Waals surface area contributed by atoms with Crippen LogP contribution in [0.5, 0.6) is 0 Å². The van der Waals surface area contributed by atoms with E-state index in [1.54, 1.807) is 67.4 Å². The summed E-state index contributed by atoms with van der Waals surface area (Å²) < 4.78 is 16.0. The summed E-state index contributed by atoms with van der Waals surface area (Å²) in [7, 11) is 1.78. The molecule has 0 unspecified atom stereocenters. The number of carbonyl (C=O) groups excluding carboxylic acids is 2. The van der Waals surface area contributed by atoms with Crippen LogP contribution in [0.2, 0.25) is 5.02 Å². The molecular weight excluding hydrogens is 471 g/mol. The SMILES string of the molecule is CC(=O)Nc1ccc([C@H](C)NC(=O)c2cc(-c3ccc(Cl)cc3)nc(-c3cnn(C)c3)n2)cc1F. The van der Waals surface area contributed by atoms with Crippen LogP contribution in [0.15, 0.2) is 60.9 Å². The monoisotopic (exact) mass is 492 g/mol. The maximum Gasteiger partial charge on any atom is 0.270 e. The van der Waals surface area contributed by atoms with Gasteiger partial charge in [0.15, 0.2) is 5.82 Å². The molecular formula is C25H22ClFN6O2. The van der Waals surface area contributed by atoms with E-state index in [0.29, 0.717) is 27.7 Å². The summed E-state index contributed by atoms with van der Waals surface area (Å²) in [5, 5.41) is 10.0. The third-order valence-electron chi connectivity index (χ3n) is 5.21. The molecule has 2 N–H and O–H groups in total. The van der Waals surface area contributed by atoms with Crippen molar-refractivity contribution in [2.45, 2.75) is 19.9 Å². The number of nitrogens with one attached hydrogen (secondary N) is 2. The van der Waals surface area contributed by atoms with E-state index in [9.17, 15) is 14.0 Å². The van der Waals surface area contributed by atoms with Crippen molar-refractivity contribution in [3.8, 4) is 22.6 Å². The van der Waals surface area contributed by atoms with Crippen LogP contribution < -0.4 is 10.6 Å². The number of rotatable bonds is 6. The van der Waals surface area contributed by atoms with Gasteiger partial charge < -0.3 is 10.6 Å². The van der Waals surface area contributed by atoms with Gasteiger partial charge in [-0.2, -0.15) is 5.10 Å². The van der Waals surface area contributed by atoms with Crippen molar-refractivity contribution in [1.82, 2.24) is 25.1 Å². The fourth-order valence-electron chi connectivity index (χ4n) is 3.44. The van der Waals surface area contributed by atoms with E-state index in [-0.39, 0.29) is 17.3 Å². The van der Waals surface area contributed by atoms with Gasteiger partial charge in [0.1, 0.15) is 11.5 Å². The Morgan fingerprint density at radius 2 is 1.80 bits per heavy atom. The number of carbonyl (C=O) groups is 2. The summed E-state index contributed by atoms with van der Waals surface area (Å²) in [6.45, 7) is 3.03.